The van der Waals surface area contributed by atoms with Crippen LogP contribution in [0.15, 0.2) is 28.7 Å². The molecule has 0 aromatic heterocycles. The summed E-state index contributed by atoms with van der Waals surface area (Å²) in [6.07, 6.45) is 2.54. The molecule has 1 aromatic rings. The summed E-state index contributed by atoms with van der Waals surface area (Å²) in [6.45, 7) is 0.325. The normalized spacial score (nSPS) is 23.6. The molecule has 2 rings (SSSR count). The molecule has 2 atom stereocenters. The van der Waals surface area contributed by atoms with E-state index < -0.39 is 0 Å². The van der Waals surface area contributed by atoms with Gasteiger partial charge in [-0.1, -0.05) is 34.1 Å². The SMILES string of the molecule is NC1CCC(C(=O)OCc2ccccc2Br)C1. The van der Waals surface area contributed by atoms with Crippen molar-refractivity contribution in [2.45, 2.75) is 31.9 Å². The predicted molar refractivity (Wildman–Crippen MR) is 69.3 cm³/mol. The first-order valence-electron chi connectivity index (χ1n) is 5.82. The number of benzene rings is 1. The van der Waals surface area contributed by atoms with E-state index in [0.29, 0.717) is 6.61 Å². The van der Waals surface area contributed by atoms with E-state index in [2.05, 4.69) is 15.9 Å². The van der Waals surface area contributed by atoms with Gasteiger partial charge in [-0.3, -0.25) is 4.79 Å². The monoisotopic (exact) mass is 297 g/mol. The Balaban J connectivity index is 1.86. The molecule has 2 unspecified atom stereocenters. The van der Waals surface area contributed by atoms with Crippen LogP contribution in [0, 0.1) is 5.92 Å². The van der Waals surface area contributed by atoms with Crippen molar-refractivity contribution in [3.63, 3.8) is 0 Å². The lowest BCUT2D eigenvalue weighted by atomic mass is 10.1. The Morgan fingerprint density at radius 1 is 1.41 bits per heavy atom. The molecule has 0 bridgehead atoms. The first-order valence-corrected chi connectivity index (χ1v) is 6.61. The van der Waals surface area contributed by atoms with Crippen LogP contribution in [0.1, 0.15) is 24.8 Å². The van der Waals surface area contributed by atoms with Crippen molar-refractivity contribution >= 4 is 21.9 Å². The fourth-order valence-corrected chi connectivity index (χ4v) is 2.51. The molecule has 1 aliphatic rings. The number of halogens is 1. The van der Waals surface area contributed by atoms with Crippen LogP contribution in [-0.2, 0) is 16.1 Å². The highest BCUT2D eigenvalue weighted by Crippen LogP contribution is 2.26. The summed E-state index contributed by atoms with van der Waals surface area (Å²) in [5, 5.41) is 0. The summed E-state index contributed by atoms with van der Waals surface area (Å²) in [7, 11) is 0. The van der Waals surface area contributed by atoms with E-state index in [4.69, 9.17) is 10.5 Å². The lowest BCUT2D eigenvalue weighted by molar-refractivity contribution is -0.149. The smallest absolute Gasteiger partial charge is 0.309 e. The van der Waals surface area contributed by atoms with E-state index >= 15 is 0 Å². The Labute approximate surface area is 109 Å². The fraction of sp³-hybridized carbons (Fsp3) is 0.462. The molecule has 0 amide bonds. The molecule has 1 aliphatic carbocycles. The first-order chi connectivity index (χ1) is 8.16. The molecular formula is C13H16BrNO2. The number of esters is 1. The fourth-order valence-electron chi connectivity index (χ4n) is 2.11. The minimum Gasteiger partial charge on any atom is -0.461 e. The van der Waals surface area contributed by atoms with Gasteiger partial charge in [0.25, 0.3) is 0 Å². The summed E-state index contributed by atoms with van der Waals surface area (Å²) in [4.78, 5) is 11.8. The van der Waals surface area contributed by atoms with Gasteiger partial charge in [-0.25, -0.2) is 0 Å². The average Bonchev–Trinajstić information content (AvgIpc) is 2.74. The van der Waals surface area contributed by atoms with Crippen molar-refractivity contribution in [1.82, 2.24) is 0 Å². The maximum Gasteiger partial charge on any atom is 0.309 e. The predicted octanol–water partition coefficient (Wildman–Crippen LogP) is 2.62. The van der Waals surface area contributed by atoms with Crippen LogP contribution in [0.3, 0.4) is 0 Å². The minimum absolute atomic E-state index is 0.00696. The van der Waals surface area contributed by atoms with Gasteiger partial charge < -0.3 is 10.5 Å². The van der Waals surface area contributed by atoms with Crippen LogP contribution >= 0.6 is 15.9 Å². The van der Waals surface area contributed by atoms with Gasteiger partial charge in [-0.05, 0) is 25.3 Å². The van der Waals surface area contributed by atoms with Gasteiger partial charge >= 0.3 is 5.97 Å². The van der Waals surface area contributed by atoms with E-state index in [1.165, 1.54) is 0 Å². The number of carbonyl (C=O) groups excluding carboxylic acids is 1. The number of rotatable bonds is 3. The molecule has 1 fully saturated rings. The Morgan fingerprint density at radius 3 is 2.82 bits per heavy atom. The Morgan fingerprint density at radius 2 is 2.18 bits per heavy atom. The molecule has 1 aromatic carbocycles. The van der Waals surface area contributed by atoms with E-state index in [0.717, 1.165) is 29.3 Å². The van der Waals surface area contributed by atoms with Crippen LogP contribution in [0.5, 0.6) is 0 Å². The number of hydrogen-bond donors (Lipinski definition) is 1. The highest BCUT2D eigenvalue weighted by molar-refractivity contribution is 9.10. The zero-order valence-corrected chi connectivity index (χ0v) is 11.2. The summed E-state index contributed by atoms with van der Waals surface area (Å²) >= 11 is 3.43. The third kappa shape index (κ3) is 3.30. The van der Waals surface area contributed by atoms with Crippen molar-refractivity contribution in [2.75, 3.05) is 0 Å². The molecule has 0 heterocycles. The quantitative estimate of drug-likeness (QED) is 0.873. The molecule has 0 saturated heterocycles. The second-order valence-electron chi connectivity index (χ2n) is 4.47. The minimum atomic E-state index is -0.117. The van der Waals surface area contributed by atoms with Gasteiger partial charge in [0.15, 0.2) is 0 Å². The standard InChI is InChI=1S/C13H16BrNO2/c14-12-4-2-1-3-10(12)8-17-13(16)9-5-6-11(15)7-9/h1-4,9,11H,5-8,15H2. The van der Waals surface area contributed by atoms with E-state index in [1.807, 2.05) is 24.3 Å². The topological polar surface area (TPSA) is 52.3 Å². The van der Waals surface area contributed by atoms with Crippen molar-refractivity contribution in [3.8, 4) is 0 Å². The zero-order valence-electron chi connectivity index (χ0n) is 9.56. The van der Waals surface area contributed by atoms with Crippen LogP contribution in [-0.4, -0.2) is 12.0 Å². The summed E-state index contributed by atoms with van der Waals surface area (Å²) < 4.78 is 6.29. The number of carbonyl (C=O) groups is 1. The van der Waals surface area contributed by atoms with Crippen molar-refractivity contribution in [3.05, 3.63) is 34.3 Å². The van der Waals surface area contributed by atoms with Crippen LogP contribution in [0.25, 0.3) is 0 Å². The average molecular weight is 298 g/mol. The molecule has 2 N–H and O–H groups in total. The molecule has 1 saturated carbocycles. The molecule has 17 heavy (non-hydrogen) atoms. The summed E-state index contributed by atoms with van der Waals surface area (Å²) in [5.74, 6) is -0.124. The van der Waals surface area contributed by atoms with Gasteiger partial charge in [0, 0.05) is 16.1 Å². The molecule has 0 radical (unpaired) electrons. The van der Waals surface area contributed by atoms with Gasteiger partial charge in [0.05, 0.1) is 5.92 Å². The van der Waals surface area contributed by atoms with E-state index in [-0.39, 0.29) is 17.9 Å². The van der Waals surface area contributed by atoms with Gasteiger partial charge in [0.1, 0.15) is 6.61 Å². The first kappa shape index (κ1) is 12.6. The third-order valence-corrected chi connectivity index (χ3v) is 3.91. The van der Waals surface area contributed by atoms with Crippen LogP contribution < -0.4 is 5.73 Å². The lowest BCUT2D eigenvalue weighted by Gasteiger charge is -2.10. The molecule has 3 nitrogen and oxygen atoms in total. The summed E-state index contributed by atoms with van der Waals surface area (Å²) in [6, 6.07) is 7.91. The van der Waals surface area contributed by atoms with Gasteiger partial charge in [-0.15, -0.1) is 0 Å². The highest BCUT2D eigenvalue weighted by Gasteiger charge is 2.28. The maximum absolute atomic E-state index is 11.8. The highest BCUT2D eigenvalue weighted by atomic mass is 79.9. The van der Waals surface area contributed by atoms with Crippen molar-refractivity contribution in [1.29, 1.82) is 0 Å². The van der Waals surface area contributed by atoms with Crippen LogP contribution in [0.2, 0.25) is 0 Å². The third-order valence-electron chi connectivity index (χ3n) is 3.13. The summed E-state index contributed by atoms with van der Waals surface area (Å²) in [5.41, 5.74) is 6.77. The Kier molecular flexibility index (Phi) is 4.18. The van der Waals surface area contributed by atoms with E-state index in [9.17, 15) is 4.79 Å². The number of hydrogen-bond acceptors (Lipinski definition) is 3. The maximum atomic E-state index is 11.8. The second-order valence-corrected chi connectivity index (χ2v) is 5.32. The van der Waals surface area contributed by atoms with Gasteiger partial charge in [0.2, 0.25) is 0 Å². The zero-order chi connectivity index (χ0) is 12.3. The Bertz CT molecular complexity index is 408. The molecule has 4 heteroatoms. The number of nitrogens with two attached hydrogens (primary N) is 1. The number of ether oxygens (including phenoxy) is 1. The Hall–Kier alpha value is -0.870. The molecule has 0 spiro atoms. The van der Waals surface area contributed by atoms with Crippen LogP contribution in [0.4, 0.5) is 0 Å². The molecule has 92 valence electrons. The largest absolute Gasteiger partial charge is 0.461 e. The molecular weight excluding hydrogens is 282 g/mol. The van der Waals surface area contributed by atoms with Gasteiger partial charge in [-0.2, -0.15) is 0 Å². The molecule has 0 aliphatic heterocycles. The second kappa shape index (κ2) is 5.65. The van der Waals surface area contributed by atoms with Crippen molar-refractivity contribution < 1.29 is 9.53 Å². The van der Waals surface area contributed by atoms with E-state index in [1.54, 1.807) is 0 Å². The van der Waals surface area contributed by atoms with Crippen molar-refractivity contribution in [2.24, 2.45) is 11.7 Å². The lowest BCUT2D eigenvalue weighted by Crippen LogP contribution is -2.19.